The van der Waals surface area contributed by atoms with Gasteiger partial charge in [0.15, 0.2) is 0 Å². The van der Waals surface area contributed by atoms with Gasteiger partial charge >= 0.3 is 0 Å². The summed E-state index contributed by atoms with van der Waals surface area (Å²) < 4.78 is 5.28. The molecule has 0 saturated carbocycles. The summed E-state index contributed by atoms with van der Waals surface area (Å²) in [5, 5.41) is 3.99. The zero-order valence-electron chi connectivity index (χ0n) is 9.55. The monoisotopic (exact) mass is 217 g/mol. The molecule has 0 bridgehead atoms. The van der Waals surface area contributed by atoms with Crippen molar-refractivity contribution >= 4 is 0 Å². The molecule has 2 heterocycles. The molecular formula is C12H15N3O. The summed E-state index contributed by atoms with van der Waals surface area (Å²) in [6.45, 7) is 4.26. The molecule has 0 N–H and O–H groups in total. The Hall–Kier alpha value is -1.71. The van der Waals surface area contributed by atoms with Gasteiger partial charge in [0, 0.05) is 23.9 Å². The molecule has 0 unspecified atom stereocenters. The third kappa shape index (κ3) is 2.10. The highest BCUT2D eigenvalue weighted by Gasteiger charge is 2.15. The number of hydrogen-bond donors (Lipinski definition) is 0. The zero-order valence-corrected chi connectivity index (χ0v) is 9.55. The topological polar surface area (TPSA) is 51.8 Å². The van der Waals surface area contributed by atoms with Gasteiger partial charge in [-0.3, -0.25) is 4.98 Å². The van der Waals surface area contributed by atoms with E-state index in [0.717, 1.165) is 24.3 Å². The van der Waals surface area contributed by atoms with Gasteiger partial charge in [0.2, 0.25) is 11.7 Å². The Balaban J connectivity index is 2.26. The molecule has 0 aliphatic heterocycles. The Labute approximate surface area is 94.7 Å². The summed E-state index contributed by atoms with van der Waals surface area (Å²) in [7, 11) is 0. The molecular weight excluding hydrogens is 202 g/mol. The predicted octanol–water partition coefficient (Wildman–Crippen LogP) is 3.04. The maximum atomic E-state index is 5.28. The van der Waals surface area contributed by atoms with E-state index in [2.05, 4.69) is 29.0 Å². The van der Waals surface area contributed by atoms with Crippen LogP contribution in [0, 0.1) is 0 Å². The van der Waals surface area contributed by atoms with Gasteiger partial charge in [-0.25, -0.2) is 0 Å². The Bertz CT molecular complexity index is 435. The maximum absolute atomic E-state index is 5.28. The van der Waals surface area contributed by atoms with E-state index in [0.29, 0.717) is 11.7 Å². The zero-order chi connectivity index (χ0) is 11.4. The molecule has 4 heteroatoms. The van der Waals surface area contributed by atoms with E-state index >= 15 is 0 Å². The van der Waals surface area contributed by atoms with E-state index in [9.17, 15) is 0 Å². The van der Waals surface area contributed by atoms with Crippen molar-refractivity contribution in [3.8, 4) is 11.4 Å². The van der Waals surface area contributed by atoms with Crippen LogP contribution in [0.15, 0.2) is 29.0 Å². The Morgan fingerprint density at radius 3 is 2.50 bits per heavy atom. The molecule has 2 aromatic heterocycles. The van der Waals surface area contributed by atoms with Gasteiger partial charge in [0.05, 0.1) is 0 Å². The van der Waals surface area contributed by atoms with Crippen LogP contribution >= 0.6 is 0 Å². The Morgan fingerprint density at radius 2 is 1.88 bits per heavy atom. The number of nitrogens with zero attached hydrogens (tertiary/aromatic N) is 3. The van der Waals surface area contributed by atoms with Crippen LogP contribution in [0.25, 0.3) is 11.4 Å². The lowest BCUT2D eigenvalue weighted by atomic mass is 10.0. The van der Waals surface area contributed by atoms with Crippen molar-refractivity contribution in [2.24, 2.45) is 0 Å². The molecule has 0 spiro atoms. The number of aromatic nitrogens is 3. The summed E-state index contributed by atoms with van der Waals surface area (Å²) in [6.07, 6.45) is 5.49. The first-order valence-electron chi connectivity index (χ1n) is 5.59. The van der Waals surface area contributed by atoms with Crippen molar-refractivity contribution < 1.29 is 4.52 Å². The SMILES string of the molecule is CCC(CC)c1nc(-c2ccncc2)no1. The van der Waals surface area contributed by atoms with Crippen molar-refractivity contribution in [1.29, 1.82) is 0 Å². The molecule has 0 radical (unpaired) electrons. The lowest BCUT2D eigenvalue weighted by molar-refractivity contribution is 0.346. The second kappa shape index (κ2) is 4.88. The number of hydrogen-bond acceptors (Lipinski definition) is 4. The van der Waals surface area contributed by atoms with Gasteiger partial charge in [-0.05, 0) is 25.0 Å². The van der Waals surface area contributed by atoms with Gasteiger partial charge < -0.3 is 4.52 Å². The summed E-state index contributed by atoms with van der Waals surface area (Å²) in [4.78, 5) is 8.38. The Morgan fingerprint density at radius 1 is 1.19 bits per heavy atom. The van der Waals surface area contributed by atoms with Crippen LogP contribution in [0.5, 0.6) is 0 Å². The quantitative estimate of drug-likeness (QED) is 0.789. The molecule has 0 aromatic carbocycles. The molecule has 0 atom stereocenters. The molecule has 0 aliphatic rings. The lowest BCUT2D eigenvalue weighted by Gasteiger charge is -2.04. The van der Waals surface area contributed by atoms with Gasteiger partial charge in [-0.2, -0.15) is 4.98 Å². The van der Waals surface area contributed by atoms with E-state index in [1.807, 2.05) is 12.1 Å². The van der Waals surface area contributed by atoms with Crippen molar-refractivity contribution in [1.82, 2.24) is 15.1 Å². The fourth-order valence-corrected chi connectivity index (χ4v) is 1.66. The minimum Gasteiger partial charge on any atom is -0.339 e. The van der Waals surface area contributed by atoms with E-state index in [4.69, 9.17) is 4.52 Å². The first-order valence-corrected chi connectivity index (χ1v) is 5.59. The van der Waals surface area contributed by atoms with Crippen LogP contribution in [0.2, 0.25) is 0 Å². The summed E-state index contributed by atoms with van der Waals surface area (Å²) >= 11 is 0. The first kappa shape index (κ1) is 10.8. The van der Waals surface area contributed by atoms with Gasteiger partial charge in [-0.1, -0.05) is 19.0 Å². The fourth-order valence-electron chi connectivity index (χ4n) is 1.66. The third-order valence-corrected chi connectivity index (χ3v) is 2.72. The number of rotatable bonds is 4. The standard InChI is InChI=1S/C12H15N3O/c1-3-9(4-2)12-14-11(15-16-12)10-5-7-13-8-6-10/h5-9H,3-4H2,1-2H3. The highest BCUT2D eigenvalue weighted by atomic mass is 16.5. The second-order valence-electron chi connectivity index (χ2n) is 3.71. The summed E-state index contributed by atoms with van der Waals surface area (Å²) in [5.41, 5.74) is 0.941. The van der Waals surface area contributed by atoms with Gasteiger partial charge in [0.25, 0.3) is 0 Å². The minimum absolute atomic E-state index is 0.364. The summed E-state index contributed by atoms with van der Waals surface area (Å²) in [6, 6.07) is 3.75. The largest absolute Gasteiger partial charge is 0.339 e. The Kier molecular flexibility index (Phi) is 3.29. The molecule has 0 aliphatic carbocycles. The average molecular weight is 217 g/mol. The van der Waals surface area contributed by atoms with E-state index < -0.39 is 0 Å². The van der Waals surface area contributed by atoms with Crippen molar-refractivity contribution in [3.63, 3.8) is 0 Å². The van der Waals surface area contributed by atoms with Crippen LogP contribution in [-0.2, 0) is 0 Å². The van der Waals surface area contributed by atoms with Crippen LogP contribution in [-0.4, -0.2) is 15.1 Å². The molecule has 0 amide bonds. The minimum atomic E-state index is 0.364. The number of pyridine rings is 1. The van der Waals surface area contributed by atoms with Gasteiger partial charge in [-0.15, -0.1) is 0 Å². The van der Waals surface area contributed by atoms with Crippen LogP contribution in [0.3, 0.4) is 0 Å². The van der Waals surface area contributed by atoms with Crippen molar-refractivity contribution in [2.75, 3.05) is 0 Å². The maximum Gasteiger partial charge on any atom is 0.230 e. The van der Waals surface area contributed by atoms with E-state index in [1.165, 1.54) is 0 Å². The van der Waals surface area contributed by atoms with E-state index in [-0.39, 0.29) is 0 Å². The van der Waals surface area contributed by atoms with Crippen molar-refractivity contribution in [2.45, 2.75) is 32.6 Å². The van der Waals surface area contributed by atoms with Crippen LogP contribution < -0.4 is 0 Å². The first-order chi connectivity index (χ1) is 7.85. The normalized spacial score (nSPS) is 10.9. The van der Waals surface area contributed by atoms with Crippen LogP contribution in [0.1, 0.15) is 38.5 Å². The highest BCUT2D eigenvalue weighted by molar-refractivity contribution is 5.52. The highest BCUT2D eigenvalue weighted by Crippen LogP contribution is 2.23. The molecule has 0 saturated heterocycles. The molecule has 16 heavy (non-hydrogen) atoms. The smallest absolute Gasteiger partial charge is 0.230 e. The molecule has 84 valence electrons. The van der Waals surface area contributed by atoms with Gasteiger partial charge in [0.1, 0.15) is 0 Å². The molecule has 2 rings (SSSR count). The predicted molar refractivity (Wildman–Crippen MR) is 60.9 cm³/mol. The molecule has 2 aromatic rings. The second-order valence-corrected chi connectivity index (χ2v) is 3.71. The van der Waals surface area contributed by atoms with Crippen molar-refractivity contribution in [3.05, 3.63) is 30.4 Å². The van der Waals surface area contributed by atoms with E-state index in [1.54, 1.807) is 12.4 Å². The third-order valence-electron chi connectivity index (χ3n) is 2.72. The molecule has 0 fully saturated rings. The average Bonchev–Trinajstić information content (AvgIpc) is 2.81. The fraction of sp³-hybridized carbons (Fsp3) is 0.417. The van der Waals surface area contributed by atoms with Crippen LogP contribution in [0.4, 0.5) is 0 Å². The molecule has 4 nitrogen and oxygen atoms in total. The summed E-state index contributed by atoms with van der Waals surface area (Å²) in [5.74, 6) is 1.74. The lowest BCUT2D eigenvalue weighted by Crippen LogP contribution is -1.95.